The van der Waals surface area contributed by atoms with E-state index in [1.165, 1.54) is 18.9 Å². The number of aryl methyl sites for hydroxylation is 1. The molecule has 0 saturated carbocycles. The second-order valence-corrected chi connectivity index (χ2v) is 7.12. The summed E-state index contributed by atoms with van der Waals surface area (Å²) in [6.07, 6.45) is 2.46. The van der Waals surface area contributed by atoms with Crippen molar-refractivity contribution in [3.8, 4) is 0 Å². The van der Waals surface area contributed by atoms with Gasteiger partial charge in [0.1, 0.15) is 17.3 Å². The first kappa shape index (κ1) is 17.8. The van der Waals surface area contributed by atoms with E-state index in [1.54, 1.807) is 24.3 Å². The predicted octanol–water partition coefficient (Wildman–Crippen LogP) is 3.56. The number of furan rings is 1. The van der Waals surface area contributed by atoms with Crippen LogP contribution in [0.2, 0.25) is 0 Å². The van der Waals surface area contributed by atoms with Gasteiger partial charge >= 0.3 is 0 Å². The fraction of sp³-hybridized carbons (Fsp3) is 0.381. The molecule has 0 aliphatic carbocycles. The molecule has 1 N–H and O–H groups in total. The average Bonchev–Trinajstić information content (AvgIpc) is 3.34. The lowest BCUT2D eigenvalue weighted by Gasteiger charge is -2.15. The zero-order valence-corrected chi connectivity index (χ0v) is 15.5. The Hall–Kier alpha value is -2.60. The van der Waals surface area contributed by atoms with Crippen LogP contribution >= 0.6 is 0 Å². The van der Waals surface area contributed by atoms with Crippen LogP contribution in [-0.4, -0.2) is 41.6 Å². The van der Waals surface area contributed by atoms with E-state index in [-0.39, 0.29) is 18.3 Å². The molecular formula is C21H24FN3O2. The number of amides is 1. The number of nitrogens with zero attached hydrogens (tertiary/aromatic N) is 2. The third kappa shape index (κ3) is 3.76. The molecule has 27 heavy (non-hydrogen) atoms. The van der Waals surface area contributed by atoms with Crippen molar-refractivity contribution in [3.05, 3.63) is 59.2 Å². The highest BCUT2D eigenvalue weighted by Gasteiger charge is 2.20. The Morgan fingerprint density at radius 3 is 2.78 bits per heavy atom. The second-order valence-electron chi connectivity index (χ2n) is 7.12. The number of hydrogen-bond donors (Lipinski definition) is 1. The number of benzene rings is 1. The molecule has 142 valence electrons. The molecule has 0 radical (unpaired) electrons. The standard InChI is InChI=1S/C21H24FN3O2/c1-15-12-18-20(27-15)13-19(21(26)23-8-11-24-9-4-5-10-24)25(18)14-16-6-2-3-7-17(16)22/h2-3,6-7,12-13H,4-5,8-11,14H2,1H3,(H,23,26). The molecule has 1 aliphatic rings. The maximum atomic E-state index is 14.2. The fourth-order valence-corrected chi connectivity index (χ4v) is 3.74. The quantitative estimate of drug-likeness (QED) is 0.723. The van der Waals surface area contributed by atoms with Gasteiger partial charge in [-0.05, 0) is 38.9 Å². The third-order valence-corrected chi connectivity index (χ3v) is 5.14. The zero-order valence-electron chi connectivity index (χ0n) is 15.5. The molecule has 1 aromatic carbocycles. The monoisotopic (exact) mass is 369 g/mol. The minimum atomic E-state index is -0.278. The second kappa shape index (κ2) is 7.56. The Morgan fingerprint density at radius 1 is 1.22 bits per heavy atom. The van der Waals surface area contributed by atoms with Crippen molar-refractivity contribution in [1.29, 1.82) is 0 Å². The maximum Gasteiger partial charge on any atom is 0.268 e. The van der Waals surface area contributed by atoms with Gasteiger partial charge in [-0.15, -0.1) is 0 Å². The van der Waals surface area contributed by atoms with Gasteiger partial charge in [0, 0.05) is 30.8 Å². The Kier molecular flexibility index (Phi) is 4.99. The summed E-state index contributed by atoms with van der Waals surface area (Å²) in [4.78, 5) is 15.1. The number of aromatic nitrogens is 1. The molecule has 1 saturated heterocycles. The van der Waals surface area contributed by atoms with Gasteiger partial charge in [0.15, 0.2) is 5.58 Å². The first-order valence-corrected chi connectivity index (χ1v) is 9.45. The van der Waals surface area contributed by atoms with Gasteiger partial charge < -0.3 is 19.2 Å². The zero-order chi connectivity index (χ0) is 18.8. The predicted molar refractivity (Wildman–Crippen MR) is 102 cm³/mol. The molecule has 0 spiro atoms. The summed E-state index contributed by atoms with van der Waals surface area (Å²) in [5.74, 6) is 0.331. The van der Waals surface area contributed by atoms with E-state index < -0.39 is 0 Å². The van der Waals surface area contributed by atoms with Crippen LogP contribution in [0.5, 0.6) is 0 Å². The van der Waals surface area contributed by atoms with Crippen molar-refractivity contribution in [2.24, 2.45) is 0 Å². The van der Waals surface area contributed by atoms with E-state index in [1.807, 2.05) is 17.6 Å². The van der Waals surface area contributed by atoms with Crippen LogP contribution in [0.4, 0.5) is 4.39 Å². The summed E-state index contributed by atoms with van der Waals surface area (Å²) >= 11 is 0. The maximum absolute atomic E-state index is 14.2. The van der Waals surface area contributed by atoms with E-state index in [0.29, 0.717) is 23.4 Å². The molecule has 3 heterocycles. The van der Waals surface area contributed by atoms with Crippen LogP contribution in [0.25, 0.3) is 11.1 Å². The van der Waals surface area contributed by atoms with Crippen molar-refractivity contribution < 1.29 is 13.6 Å². The van der Waals surface area contributed by atoms with Crippen molar-refractivity contribution in [3.63, 3.8) is 0 Å². The van der Waals surface area contributed by atoms with Crippen LogP contribution in [-0.2, 0) is 6.54 Å². The number of likely N-dealkylation sites (tertiary alicyclic amines) is 1. The minimum Gasteiger partial charge on any atom is -0.460 e. The molecule has 1 fully saturated rings. The summed E-state index contributed by atoms with van der Waals surface area (Å²) in [7, 11) is 0. The lowest BCUT2D eigenvalue weighted by atomic mass is 10.2. The van der Waals surface area contributed by atoms with Gasteiger partial charge in [0.05, 0.1) is 12.1 Å². The van der Waals surface area contributed by atoms with Gasteiger partial charge in [0.25, 0.3) is 5.91 Å². The normalized spacial score (nSPS) is 14.9. The van der Waals surface area contributed by atoms with Gasteiger partial charge in [-0.25, -0.2) is 4.39 Å². The fourth-order valence-electron chi connectivity index (χ4n) is 3.74. The largest absolute Gasteiger partial charge is 0.460 e. The molecule has 3 aromatic rings. The lowest BCUT2D eigenvalue weighted by molar-refractivity contribution is 0.0941. The average molecular weight is 369 g/mol. The number of nitrogens with one attached hydrogen (secondary N) is 1. The molecule has 0 atom stereocenters. The first-order chi connectivity index (χ1) is 13.1. The molecule has 6 heteroatoms. The first-order valence-electron chi connectivity index (χ1n) is 9.45. The van der Waals surface area contributed by atoms with Crippen LogP contribution in [0.3, 0.4) is 0 Å². The SMILES string of the molecule is Cc1cc2c(cc(C(=O)NCCN3CCCC3)n2Cc2ccccc2F)o1. The van der Waals surface area contributed by atoms with Crippen molar-refractivity contribution >= 4 is 17.0 Å². The van der Waals surface area contributed by atoms with Crippen LogP contribution in [0.1, 0.15) is 34.7 Å². The number of carbonyl (C=O) groups is 1. The molecule has 0 unspecified atom stereocenters. The van der Waals surface area contributed by atoms with E-state index in [2.05, 4.69) is 10.2 Å². The Bertz CT molecular complexity index is 954. The van der Waals surface area contributed by atoms with E-state index in [4.69, 9.17) is 4.42 Å². The summed E-state index contributed by atoms with van der Waals surface area (Å²) in [6.45, 7) is 5.81. The molecule has 5 nitrogen and oxygen atoms in total. The number of halogens is 1. The van der Waals surface area contributed by atoms with Gasteiger partial charge in [-0.3, -0.25) is 4.79 Å². The summed E-state index contributed by atoms with van der Waals surface area (Å²) in [5, 5.41) is 3.00. The van der Waals surface area contributed by atoms with Crippen molar-refractivity contribution in [2.75, 3.05) is 26.2 Å². The highest BCUT2D eigenvalue weighted by atomic mass is 19.1. The van der Waals surface area contributed by atoms with Gasteiger partial charge in [-0.1, -0.05) is 18.2 Å². The summed E-state index contributed by atoms with van der Waals surface area (Å²) in [5.41, 5.74) is 2.49. The molecule has 1 amide bonds. The number of rotatable bonds is 6. The van der Waals surface area contributed by atoms with Crippen molar-refractivity contribution in [1.82, 2.24) is 14.8 Å². The van der Waals surface area contributed by atoms with E-state index in [0.717, 1.165) is 30.9 Å². The highest BCUT2D eigenvalue weighted by molar-refractivity contribution is 5.97. The molecule has 2 aromatic heterocycles. The van der Waals surface area contributed by atoms with E-state index in [9.17, 15) is 9.18 Å². The van der Waals surface area contributed by atoms with E-state index >= 15 is 0 Å². The number of carbonyl (C=O) groups excluding carboxylic acids is 1. The van der Waals surface area contributed by atoms with Gasteiger partial charge in [0.2, 0.25) is 0 Å². The summed E-state index contributed by atoms with van der Waals surface area (Å²) < 4.78 is 21.7. The van der Waals surface area contributed by atoms with Gasteiger partial charge in [-0.2, -0.15) is 0 Å². The number of fused-ring (bicyclic) bond motifs is 1. The smallest absolute Gasteiger partial charge is 0.268 e. The molecule has 4 rings (SSSR count). The van der Waals surface area contributed by atoms with Crippen molar-refractivity contribution in [2.45, 2.75) is 26.3 Å². The highest BCUT2D eigenvalue weighted by Crippen LogP contribution is 2.25. The minimum absolute atomic E-state index is 0.158. The lowest BCUT2D eigenvalue weighted by Crippen LogP contribution is -2.34. The van der Waals surface area contributed by atoms with Crippen LogP contribution < -0.4 is 5.32 Å². The Morgan fingerprint density at radius 2 is 2.00 bits per heavy atom. The molecule has 1 aliphatic heterocycles. The number of hydrogen-bond acceptors (Lipinski definition) is 3. The summed E-state index contributed by atoms with van der Waals surface area (Å²) in [6, 6.07) is 10.3. The molecular weight excluding hydrogens is 345 g/mol. The van der Waals surface area contributed by atoms with Crippen LogP contribution in [0.15, 0.2) is 40.8 Å². The van der Waals surface area contributed by atoms with Crippen LogP contribution in [0, 0.1) is 12.7 Å². The molecule has 0 bridgehead atoms. The third-order valence-electron chi connectivity index (χ3n) is 5.14. The Labute approximate surface area is 157 Å². The topological polar surface area (TPSA) is 50.4 Å². The Balaban J connectivity index is 1.56.